The van der Waals surface area contributed by atoms with Crippen LogP contribution in [-0.4, -0.2) is 53.3 Å². The van der Waals surface area contributed by atoms with Gasteiger partial charge in [0, 0.05) is 19.9 Å². The van der Waals surface area contributed by atoms with Crippen molar-refractivity contribution in [2.45, 2.75) is 19.9 Å². The number of carbonyl (C=O) groups excluding carboxylic acids is 2. The number of methoxy groups -OCH3 is 1. The van der Waals surface area contributed by atoms with Crippen molar-refractivity contribution in [1.29, 1.82) is 0 Å². The molecule has 0 saturated carbocycles. The van der Waals surface area contributed by atoms with E-state index >= 15 is 0 Å². The topological polar surface area (TPSA) is 98.6 Å². The molecular formula is C16H20ClN5O4. The van der Waals surface area contributed by atoms with E-state index in [1.807, 2.05) is 6.07 Å². The molecule has 1 N–H and O–H groups in total. The first kappa shape index (κ1) is 19.7. The summed E-state index contributed by atoms with van der Waals surface area (Å²) < 4.78 is 10.9. The molecule has 0 saturated heterocycles. The highest BCUT2D eigenvalue weighted by atomic mass is 35.5. The van der Waals surface area contributed by atoms with Crippen molar-refractivity contribution < 1.29 is 19.1 Å². The zero-order valence-electron chi connectivity index (χ0n) is 14.7. The minimum absolute atomic E-state index is 0.165. The second kappa shape index (κ2) is 9.16. The van der Waals surface area contributed by atoms with Crippen LogP contribution in [0.4, 0.5) is 10.5 Å². The Kier molecular flexibility index (Phi) is 6.93. The predicted molar refractivity (Wildman–Crippen MR) is 95.4 cm³/mol. The van der Waals surface area contributed by atoms with Crippen molar-refractivity contribution in [3.05, 3.63) is 35.9 Å². The third-order valence-electron chi connectivity index (χ3n) is 3.45. The van der Waals surface area contributed by atoms with E-state index in [0.29, 0.717) is 17.9 Å². The zero-order valence-corrected chi connectivity index (χ0v) is 15.4. The fourth-order valence-corrected chi connectivity index (χ4v) is 2.45. The molecule has 0 radical (unpaired) electrons. The van der Waals surface area contributed by atoms with Gasteiger partial charge in [0.2, 0.25) is 5.91 Å². The molecule has 0 aromatic carbocycles. The number of halogens is 1. The van der Waals surface area contributed by atoms with Gasteiger partial charge < -0.3 is 19.7 Å². The van der Waals surface area contributed by atoms with Crippen molar-refractivity contribution in [1.82, 2.24) is 20.1 Å². The Morgan fingerprint density at radius 3 is 2.85 bits per heavy atom. The van der Waals surface area contributed by atoms with Gasteiger partial charge in [-0.3, -0.25) is 9.78 Å². The van der Waals surface area contributed by atoms with Gasteiger partial charge >= 0.3 is 6.09 Å². The Morgan fingerprint density at radius 1 is 1.46 bits per heavy atom. The minimum atomic E-state index is -0.822. The lowest BCUT2D eigenvalue weighted by atomic mass is 10.2. The fourth-order valence-electron chi connectivity index (χ4n) is 2.22. The number of ether oxygens (including phenoxy) is 2. The first-order valence-corrected chi connectivity index (χ1v) is 8.24. The molecule has 2 heterocycles. The van der Waals surface area contributed by atoms with Crippen LogP contribution in [0.3, 0.4) is 0 Å². The van der Waals surface area contributed by atoms with Crippen molar-refractivity contribution in [3.8, 4) is 5.69 Å². The molecule has 140 valence electrons. The maximum absolute atomic E-state index is 12.7. The van der Waals surface area contributed by atoms with Crippen LogP contribution in [0.25, 0.3) is 5.69 Å². The molecule has 0 aliphatic carbocycles. The number of nitrogens with zero attached hydrogens (tertiary/aromatic N) is 4. The summed E-state index contributed by atoms with van der Waals surface area (Å²) in [5, 5.41) is 6.82. The van der Waals surface area contributed by atoms with Crippen LogP contribution in [0.5, 0.6) is 0 Å². The highest BCUT2D eigenvalue weighted by molar-refractivity contribution is 6.32. The molecule has 2 rings (SSSR count). The molecule has 0 bridgehead atoms. The Balaban J connectivity index is 2.16. The normalized spacial score (nSPS) is 11.7. The lowest BCUT2D eigenvalue weighted by molar-refractivity contribution is -0.120. The van der Waals surface area contributed by atoms with Gasteiger partial charge in [0.05, 0.1) is 18.1 Å². The zero-order chi connectivity index (χ0) is 19.1. The van der Waals surface area contributed by atoms with Crippen LogP contribution in [0.1, 0.15) is 13.8 Å². The molecule has 0 aliphatic rings. The monoisotopic (exact) mass is 381 g/mol. The first-order valence-electron chi connectivity index (χ1n) is 7.87. The highest BCUT2D eigenvalue weighted by Gasteiger charge is 2.26. The van der Waals surface area contributed by atoms with Gasteiger partial charge in [0.15, 0.2) is 11.9 Å². The maximum atomic E-state index is 12.7. The van der Waals surface area contributed by atoms with E-state index in [9.17, 15) is 9.59 Å². The van der Waals surface area contributed by atoms with Crippen molar-refractivity contribution in [2.24, 2.45) is 0 Å². The Hall–Kier alpha value is -2.65. The number of aromatic nitrogens is 3. The second-order valence-corrected chi connectivity index (χ2v) is 5.61. The number of hydrogen-bond acceptors (Lipinski definition) is 6. The number of likely N-dealkylation sites (N-methyl/N-ethyl adjacent to an activating group) is 1. The third kappa shape index (κ3) is 4.70. The number of anilines is 1. The van der Waals surface area contributed by atoms with E-state index in [0.717, 1.165) is 0 Å². The summed E-state index contributed by atoms with van der Waals surface area (Å²) in [6, 6.07) is 2.76. The van der Waals surface area contributed by atoms with E-state index in [4.69, 9.17) is 16.3 Å². The van der Waals surface area contributed by atoms with Gasteiger partial charge in [-0.05, 0) is 26.0 Å². The minimum Gasteiger partial charge on any atom is -0.422 e. The fraction of sp³-hybridized carbons (Fsp3) is 0.375. The van der Waals surface area contributed by atoms with Crippen LogP contribution in [0.15, 0.2) is 30.7 Å². The number of pyridine rings is 1. The van der Waals surface area contributed by atoms with Gasteiger partial charge in [-0.25, -0.2) is 9.48 Å². The number of alkyl carbamates (subject to hydrolysis) is 1. The average molecular weight is 382 g/mol. The SMILES string of the molecule is CCN(C(=O)C(C)NC(=O)OCOC)c1cn(-c2cccnc2)nc1Cl. The van der Waals surface area contributed by atoms with E-state index in [1.165, 1.54) is 16.7 Å². The molecule has 9 nitrogen and oxygen atoms in total. The van der Waals surface area contributed by atoms with Gasteiger partial charge in [0.25, 0.3) is 0 Å². The molecule has 1 atom stereocenters. The molecule has 0 aliphatic heterocycles. The second-order valence-electron chi connectivity index (χ2n) is 5.25. The quantitative estimate of drug-likeness (QED) is 0.736. The Bertz CT molecular complexity index is 752. The Morgan fingerprint density at radius 2 is 2.23 bits per heavy atom. The van der Waals surface area contributed by atoms with Gasteiger partial charge in [-0.15, -0.1) is 0 Å². The number of hydrogen-bond donors (Lipinski definition) is 1. The summed E-state index contributed by atoms with van der Waals surface area (Å²) in [6.07, 6.45) is 4.16. The summed E-state index contributed by atoms with van der Waals surface area (Å²) in [4.78, 5) is 29.7. The van der Waals surface area contributed by atoms with E-state index in [2.05, 4.69) is 20.1 Å². The molecule has 2 aromatic rings. The molecule has 1 unspecified atom stereocenters. The summed E-state index contributed by atoms with van der Waals surface area (Å²) in [7, 11) is 1.39. The third-order valence-corrected chi connectivity index (χ3v) is 3.72. The average Bonchev–Trinajstić information content (AvgIpc) is 3.03. The highest BCUT2D eigenvalue weighted by Crippen LogP contribution is 2.26. The van der Waals surface area contributed by atoms with E-state index in [1.54, 1.807) is 38.5 Å². The van der Waals surface area contributed by atoms with Crippen LogP contribution in [-0.2, 0) is 14.3 Å². The smallest absolute Gasteiger partial charge is 0.409 e. The number of carbonyl (C=O) groups is 2. The van der Waals surface area contributed by atoms with E-state index in [-0.39, 0.29) is 17.9 Å². The largest absolute Gasteiger partial charge is 0.422 e. The molecule has 0 spiro atoms. The predicted octanol–water partition coefficient (Wildman–Crippen LogP) is 1.99. The van der Waals surface area contributed by atoms with Crippen LogP contribution < -0.4 is 10.2 Å². The van der Waals surface area contributed by atoms with Crippen molar-refractivity contribution in [2.75, 3.05) is 25.3 Å². The van der Waals surface area contributed by atoms with Crippen LogP contribution >= 0.6 is 11.6 Å². The van der Waals surface area contributed by atoms with Crippen LogP contribution in [0.2, 0.25) is 5.15 Å². The molecule has 0 fully saturated rings. The van der Waals surface area contributed by atoms with Crippen molar-refractivity contribution >= 4 is 29.3 Å². The summed E-state index contributed by atoms with van der Waals surface area (Å²) in [5.74, 6) is -0.352. The molecule has 2 aromatic heterocycles. The summed E-state index contributed by atoms with van der Waals surface area (Å²) in [6.45, 7) is 3.49. The molecule has 10 heteroatoms. The van der Waals surface area contributed by atoms with E-state index < -0.39 is 12.1 Å². The van der Waals surface area contributed by atoms with Crippen LogP contribution in [0, 0.1) is 0 Å². The summed E-state index contributed by atoms with van der Waals surface area (Å²) >= 11 is 6.22. The molecular weight excluding hydrogens is 362 g/mol. The standard InChI is InChI=1S/C16H20ClN5O4/c1-4-21(15(23)11(2)19-16(24)26-10-25-3)13-9-22(20-14(13)17)12-6-5-7-18-8-12/h5-9,11H,4,10H2,1-3H3,(H,19,24). The van der Waals surface area contributed by atoms with Gasteiger partial charge in [0.1, 0.15) is 11.7 Å². The lowest BCUT2D eigenvalue weighted by Gasteiger charge is -2.23. The van der Waals surface area contributed by atoms with Gasteiger partial charge in [-0.2, -0.15) is 5.10 Å². The summed E-state index contributed by atoms with van der Waals surface area (Å²) in [5.41, 5.74) is 1.14. The lowest BCUT2D eigenvalue weighted by Crippen LogP contribution is -2.47. The first-order chi connectivity index (χ1) is 12.5. The van der Waals surface area contributed by atoms with Gasteiger partial charge in [-0.1, -0.05) is 11.6 Å². The Labute approximate surface area is 155 Å². The number of rotatable bonds is 7. The maximum Gasteiger partial charge on any atom is 0.409 e. The molecule has 26 heavy (non-hydrogen) atoms. The number of amides is 2. The number of nitrogens with one attached hydrogen (secondary N) is 1. The van der Waals surface area contributed by atoms with Crippen molar-refractivity contribution in [3.63, 3.8) is 0 Å². The molecule has 2 amide bonds.